The Morgan fingerprint density at radius 2 is 1.79 bits per heavy atom. The van der Waals surface area contributed by atoms with Crippen LogP contribution < -0.4 is 0 Å². The number of hydrogen-bond acceptors (Lipinski definition) is 3. The van der Waals surface area contributed by atoms with Crippen molar-refractivity contribution in [1.29, 1.82) is 0 Å². The molecule has 4 nitrogen and oxygen atoms in total. The fourth-order valence-electron chi connectivity index (χ4n) is 4.15. The Labute approximate surface area is 114 Å². The van der Waals surface area contributed by atoms with Crippen LogP contribution in [0.5, 0.6) is 0 Å². The lowest BCUT2D eigenvalue weighted by Gasteiger charge is -2.55. The minimum Gasteiger partial charge on any atom is -0.347 e. The molecule has 1 saturated carbocycles. The monoisotopic (exact) mass is 265 g/mol. The molecule has 106 valence electrons. The highest BCUT2D eigenvalue weighted by Gasteiger charge is 2.62. The van der Waals surface area contributed by atoms with Crippen molar-refractivity contribution in [2.45, 2.75) is 39.4 Å². The molecule has 2 aliphatic heterocycles. The molecule has 1 atom stereocenters. The van der Waals surface area contributed by atoms with Crippen LogP contribution in [0.2, 0.25) is 0 Å². The van der Waals surface area contributed by atoms with Crippen LogP contribution in [0, 0.1) is 10.8 Å². The van der Waals surface area contributed by atoms with Gasteiger partial charge < -0.3 is 14.4 Å². The summed E-state index contributed by atoms with van der Waals surface area (Å²) in [5, 5.41) is 0. The quantitative estimate of drug-likeness (QED) is 0.628. The van der Waals surface area contributed by atoms with E-state index in [-0.39, 0.29) is 11.3 Å². The van der Waals surface area contributed by atoms with E-state index in [0.29, 0.717) is 19.8 Å². The van der Waals surface area contributed by atoms with E-state index in [4.69, 9.17) is 9.47 Å². The van der Waals surface area contributed by atoms with Gasteiger partial charge in [0.2, 0.25) is 5.91 Å². The summed E-state index contributed by atoms with van der Waals surface area (Å²) in [5.74, 6) is -0.305. The van der Waals surface area contributed by atoms with Crippen molar-refractivity contribution in [3.63, 3.8) is 0 Å². The van der Waals surface area contributed by atoms with E-state index in [2.05, 4.69) is 26.8 Å². The molecule has 3 aliphatic rings. The summed E-state index contributed by atoms with van der Waals surface area (Å²) in [6.45, 7) is 8.37. The standard InChI is InChI=1S/C15H23NO3/c1-13(2)11-5-8-16(4)12(17)14(11,3)6-7-15(13)18-9-10-19-15/h5H,6-10H2,1-4H3. The van der Waals surface area contributed by atoms with Crippen LogP contribution in [0.4, 0.5) is 0 Å². The summed E-state index contributed by atoms with van der Waals surface area (Å²) < 4.78 is 11.9. The van der Waals surface area contributed by atoms with E-state index >= 15 is 0 Å². The number of carbonyl (C=O) groups excluding carboxylic acids is 1. The molecule has 0 aromatic rings. The molecule has 1 amide bonds. The topological polar surface area (TPSA) is 38.8 Å². The van der Waals surface area contributed by atoms with Crippen molar-refractivity contribution >= 4 is 5.91 Å². The molecule has 19 heavy (non-hydrogen) atoms. The third kappa shape index (κ3) is 1.50. The summed E-state index contributed by atoms with van der Waals surface area (Å²) in [4.78, 5) is 14.4. The van der Waals surface area contributed by atoms with Gasteiger partial charge in [-0.2, -0.15) is 0 Å². The number of fused-ring (bicyclic) bond motifs is 1. The van der Waals surface area contributed by atoms with Crippen LogP contribution in [-0.2, 0) is 14.3 Å². The molecule has 1 spiro atoms. The van der Waals surface area contributed by atoms with E-state index in [1.54, 1.807) is 0 Å². The number of ether oxygens (including phenoxy) is 2. The number of hydrogen-bond donors (Lipinski definition) is 0. The largest absolute Gasteiger partial charge is 0.347 e. The highest BCUT2D eigenvalue weighted by molar-refractivity contribution is 5.87. The predicted octanol–water partition coefficient (Wildman–Crippen LogP) is 1.95. The van der Waals surface area contributed by atoms with Crippen molar-refractivity contribution < 1.29 is 14.3 Å². The Kier molecular flexibility index (Phi) is 2.64. The second kappa shape index (κ2) is 3.83. The molecule has 0 aromatic heterocycles. The summed E-state index contributed by atoms with van der Waals surface area (Å²) in [7, 11) is 1.88. The minimum atomic E-state index is -0.533. The van der Waals surface area contributed by atoms with E-state index in [0.717, 1.165) is 12.8 Å². The Balaban J connectivity index is 2.07. The lowest BCUT2D eigenvalue weighted by Crippen LogP contribution is -2.59. The fourth-order valence-corrected chi connectivity index (χ4v) is 4.15. The summed E-state index contributed by atoms with van der Waals surface area (Å²) in [6.07, 6.45) is 3.78. The second-order valence-corrected chi connectivity index (χ2v) is 6.71. The molecule has 0 aromatic carbocycles. The van der Waals surface area contributed by atoms with Crippen LogP contribution in [0.25, 0.3) is 0 Å². The Morgan fingerprint density at radius 1 is 1.16 bits per heavy atom. The number of rotatable bonds is 0. The first kappa shape index (κ1) is 13.1. The Bertz CT molecular complexity index is 448. The van der Waals surface area contributed by atoms with Gasteiger partial charge in [-0.25, -0.2) is 0 Å². The number of carbonyl (C=O) groups is 1. The average molecular weight is 265 g/mol. The highest BCUT2D eigenvalue weighted by Crippen LogP contribution is 2.59. The van der Waals surface area contributed by atoms with Gasteiger partial charge in [0.05, 0.1) is 18.6 Å². The Hall–Kier alpha value is -0.870. The van der Waals surface area contributed by atoms with Crippen molar-refractivity contribution in [2.75, 3.05) is 26.8 Å². The summed E-state index contributed by atoms with van der Waals surface area (Å²) in [5.41, 5.74) is 0.543. The maximum atomic E-state index is 12.6. The third-order valence-electron chi connectivity index (χ3n) is 5.32. The van der Waals surface area contributed by atoms with Crippen LogP contribution >= 0.6 is 0 Å². The van der Waals surface area contributed by atoms with Gasteiger partial charge in [0.1, 0.15) is 0 Å². The highest BCUT2D eigenvalue weighted by atomic mass is 16.7. The van der Waals surface area contributed by atoms with Gasteiger partial charge in [0.15, 0.2) is 5.79 Å². The van der Waals surface area contributed by atoms with E-state index in [1.165, 1.54) is 5.57 Å². The molecule has 3 rings (SSSR count). The smallest absolute Gasteiger partial charge is 0.232 e. The number of amides is 1. The first-order valence-corrected chi connectivity index (χ1v) is 7.08. The zero-order valence-corrected chi connectivity index (χ0v) is 12.3. The van der Waals surface area contributed by atoms with Gasteiger partial charge in [0.25, 0.3) is 0 Å². The van der Waals surface area contributed by atoms with Gasteiger partial charge in [-0.15, -0.1) is 0 Å². The number of likely N-dealkylation sites (N-methyl/N-ethyl adjacent to an activating group) is 1. The average Bonchev–Trinajstić information content (AvgIpc) is 2.82. The first-order valence-electron chi connectivity index (χ1n) is 7.08. The molecular formula is C15H23NO3. The maximum Gasteiger partial charge on any atom is 0.232 e. The normalized spacial score (nSPS) is 36.3. The second-order valence-electron chi connectivity index (χ2n) is 6.71. The summed E-state index contributed by atoms with van der Waals surface area (Å²) in [6, 6.07) is 0. The molecule has 0 N–H and O–H groups in total. The summed E-state index contributed by atoms with van der Waals surface area (Å²) >= 11 is 0. The molecule has 2 heterocycles. The van der Waals surface area contributed by atoms with Crippen LogP contribution in [0.1, 0.15) is 33.6 Å². The van der Waals surface area contributed by atoms with Crippen LogP contribution in [-0.4, -0.2) is 43.4 Å². The van der Waals surface area contributed by atoms with Gasteiger partial charge in [0, 0.05) is 25.4 Å². The van der Waals surface area contributed by atoms with Gasteiger partial charge >= 0.3 is 0 Å². The minimum absolute atomic E-state index is 0.228. The molecule has 1 aliphatic carbocycles. The zero-order valence-electron chi connectivity index (χ0n) is 12.3. The fraction of sp³-hybridized carbons (Fsp3) is 0.800. The first-order chi connectivity index (χ1) is 8.83. The van der Waals surface area contributed by atoms with Crippen molar-refractivity contribution in [3.8, 4) is 0 Å². The van der Waals surface area contributed by atoms with E-state index < -0.39 is 11.2 Å². The molecule has 4 heteroatoms. The van der Waals surface area contributed by atoms with Crippen molar-refractivity contribution in [2.24, 2.45) is 10.8 Å². The number of nitrogens with zero attached hydrogens (tertiary/aromatic N) is 1. The zero-order chi connectivity index (χ0) is 13.9. The lowest BCUT2D eigenvalue weighted by atomic mass is 9.56. The van der Waals surface area contributed by atoms with Crippen molar-refractivity contribution in [1.82, 2.24) is 4.90 Å². The SMILES string of the molecule is CN1CC=C2C(C)(CCC3(OCCO3)C2(C)C)C1=O. The molecule has 1 unspecified atom stereocenters. The van der Waals surface area contributed by atoms with Gasteiger partial charge in [-0.3, -0.25) is 4.79 Å². The molecule has 0 bridgehead atoms. The maximum absolute atomic E-state index is 12.6. The predicted molar refractivity (Wildman–Crippen MR) is 71.5 cm³/mol. The Morgan fingerprint density at radius 3 is 2.42 bits per heavy atom. The molecule has 0 radical (unpaired) electrons. The van der Waals surface area contributed by atoms with Crippen LogP contribution in [0.3, 0.4) is 0 Å². The van der Waals surface area contributed by atoms with Crippen molar-refractivity contribution in [3.05, 3.63) is 11.6 Å². The third-order valence-corrected chi connectivity index (χ3v) is 5.32. The van der Waals surface area contributed by atoms with Crippen LogP contribution in [0.15, 0.2) is 11.6 Å². The van der Waals surface area contributed by atoms with E-state index in [9.17, 15) is 4.79 Å². The lowest BCUT2D eigenvalue weighted by molar-refractivity contribution is -0.239. The molecular weight excluding hydrogens is 242 g/mol. The van der Waals surface area contributed by atoms with Gasteiger partial charge in [-0.05, 0) is 18.9 Å². The molecule has 2 fully saturated rings. The molecule has 1 saturated heterocycles. The van der Waals surface area contributed by atoms with E-state index in [1.807, 2.05) is 11.9 Å². The van der Waals surface area contributed by atoms with Gasteiger partial charge in [-0.1, -0.05) is 19.9 Å².